The van der Waals surface area contributed by atoms with Crippen molar-refractivity contribution < 1.29 is 0 Å². The van der Waals surface area contributed by atoms with Gasteiger partial charge in [-0.15, -0.1) is 0 Å². The quantitative estimate of drug-likeness (QED) is 0.0890. The highest BCUT2D eigenvalue weighted by atomic mass is 15.2. The van der Waals surface area contributed by atoms with Crippen molar-refractivity contribution >= 4 is 66.4 Å². The van der Waals surface area contributed by atoms with Crippen LogP contribution in [-0.4, -0.2) is 0 Å². The Morgan fingerprint density at radius 2 is 0.511 bits per heavy atom. The monoisotopic (exact) mass is 1170 g/mol. The van der Waals surface area contributed by atoms with E-state index < -0.39 is 0 Å². The van der Waals surface area contributed by atoms with Gasteiger partial charge in [0.1, 0.15) is 0 Å². The molecule has 0 saturated heterocycles. The van der Waals surface area contributed by atoms with Gasteiger partial charge in [0.15, 0.2) is 0 Å². The van der Waals surface area contributed by atoms with Gasteiger partial charge in [-0.05, 0) is 212 Å². The van der Waals surface area contributed by atoms with Crippen LogP contribution in [0.3, 0.4) is 0 Å². The van der Waals surface area contributed by atoms with Crippen molar-refractivity contribution in [1.29, 1.82) is 0 Å². The summed E-state index contributed by atoms with van der Waals surface area (Å²) in [5.41, 5.74) is 25.2. The van der Waals surface area contributed by atoms with Gasteiger partial charge >= 0.3 is 0 Å². The summed E-state index contributed by atoms with van der Waals surface area (Å²) >= 11 is 0. The van der Waals surface area contributed by atoms with Crippen LogP contribution in [0.25, 0.3) is 76.8 Å². The Hall–Kier alpha value is -8.98. The molecule has 0 N–H and O–H groups in total. The zero-order chi connectivity index (χ0) is 63.3. The summed E-state index contributed by atoms with van der Waals surface area (Å²) in [7, 11) is 0. The Kier molecular flexibility index (Phi) is 16.6. The van der Waals surface area contributed by atoms with Gasteiger partial charge in [-0.25, -0.2) is 0 Å². The molecule has 2 nitrogen and oxygen atoms in total. The Balaban J connectivity index is 0.896. The maximum Gasteiger partial charge on any atom is 0.0546 e. The molecule has 2 heteroatoms. The molecule has 0 bridgehead atoms. The van der Waals surface area contributed by atoms with E-state index >= 15 is 0 Å². The molecular weight excluding hydrogens is 1080 g/mol. The average Bonchev–Trinajstić information content (AvgIpc) is 0.737. The summed E-state index contributed by atoms with van der Waals surface area (Å²) in [5, 5.41) is 7.21. The Morgan fingerprint density at radius 3 is 0.789 bits per heavy atom. The van der Waals surface area contributed by atoms with E-state index in [1.807, 2.05) is 0 Å². The van der Waals surface area contributed by atoms with E-state index in [0.29, 0.717) is 10.8 Å². The fourth-order valence-electron chi connectivity index (χ4n) is 13.4. The second-order valence-corrected chi connectivity index (χ2v) is 29.5. The predicted molar refractivity (Wildman–Crippen MR) is 392 cm³/mol. The van der Waals surface area contributed by atoms with E-state index in [0.717, 1.165) is 34.1 Å². The maximum absolute atomic E-state index is 2.49. The highest BCUT2D eigenvalue weighted by Crippen LogP contribution is 2.49. The van der Waals surface area contributed by atoms with E-state index in [9.17, 15) is 0 Å². The molecule has 0 atom stereocenters. The third kappa shape index (κ3) is 12.9. The maximum atomic E-state index is 2.49. The molecule has 90 heavy (non-hydrogen) atoms. The average molecular weight is 1180 g/mol. The Labute approximate surface area is 537 Å². The SMILES string of the molecule is Cc1ccc(N(c2ccc(-c3ccc(-c4ccc(C(C)(C)CCC(C)(C)C)cc4)cc3)cc2)c2cc3c4ccccc4c(N(c4ccc(-c5ccc(-c6ccc(C(C)(C)CCC(C)(C)C)cc6)cc5)cc4)c4ccc(C)cc4C)cc3c3ccccc23)c(C)c1. The molecule has 12 rings (SSSR count). The van der Waals surface area contributed by atoms with E-state index in [4.69, 9.17) is 0 Å². The van der Waals surface area contributed by atoms with Crippen molar-refractivity contribution in [3.63, 3.8) is 0 Å². The number of hydrogen-bond donors (Lipinski definition) is 0. The van der Waals surface area contributed by atoms with E-state index in [-0.39, 0.29) is 10.8 Å². The van der Waals surface area contributed by atoms with Crippen molar-refractivity contribution in [2.24, 2.45) is 10.8 Å². The van der Waals surface area contributed by atoms with Crippen LogP contribution in [0.15, 0.2) is 243 Å². The lowest BCUT2D eigenvalue weighted by molar-refractivity contribution is 0.315. The lowest BCUT2D eigenvalue weighted by Crippen LogP contribution is -2.20. The van der Waals surface area contributed by atoms with Crippen molar-refractivity contribution in [2.45, 2.75) is 133 Å². The van der Waals surface area contributed by atoms with Crippen LogP contribution < -0.4 is 9.80 Å². The molecule has 0 radical (unpaired) electrons. The highest BCUT2D eigenvalue weighted by molar-refractivity contribution is 6.24. The van der Waals surface area contributed by atoms with Crippen molar-refractivity contribution in [2.75, 3.05) is 9.80 Å². The first-order valence-electron chi connectivity index (χ1n) is 32.7. The van der Waals surface area contributed by atoms with Gasteiger partial charge in [-0.2, -0.15) is 0 Å². The first-order chi connectivity index (χ1) is 43.0. The van der Waals surface area contributed by atoms with Crippen LogP contribution in [0, 0.1) is 38.5 Å². The summed E-state index contributed by atoms with van der Waals surface area (Å²) in [6, 6.07) is 91.8. The minimum atomic E-state index is 0.129. The van der Waals surface area contributed by atoms with Gasteiger partial charge in [-0.1, -0.05) is 274 Å². The summed E-state index contributed by atoms with van der Waals surface area (Å²) in [6.07, 6.45) is 4.73. The molecule has 12 aromatic carbocycles. The third-order valence-corrected chi connectivity index (χ3v) is 19.2. The number of nitrogens with zero attached hydrogens (tertiary/aromatic N) is 2. The molecule has 0 saturated carbocycles. The number of benzene rings is 12. The van der Waals surface area contributed by atoms with Crippen LogP contribution in [0.5, 0.6) is 0 Å². The Morgan fingerprint density at radius 1 is 0.244 bits per heavy atom. The lowest BCUT2D eigenvalue weighted by atomic mass is 9.76. The number of hydrogen-bond acceptors (Lipinski definition) is 2. The molecule has 0 spiro atoms. The number of fused-ring (bicyclic) bond motifs is 5. The second kappa shape index (κ2) is 24.4. The molecule has 12 aromatic rings. The van der Waals surface area contributed by atoms with Crippen LogP contribution in [0.4, 0.5) is 34.1 Å². The predicted octanol–water partition coefficient (Wildman–Crippen LogP) is 26.2. The lowest BCUT2D eigenvalue weighted by Gasteiger charge is -2.31. The largest absolute Gasteiger partial charge is 0.310 e. The number of rotatable bonds is 16. The zero-order valence-corrected chi connectivity index (χ0v) is 55.8. The first kappa shape index (κ1) is 61.3. The molecular formula is C88H90N2. The standard InChI is InChI=1S/C88H90N2/c1-59-23-49-81(61(3)55-59)89(73-45-37-69(38-46-73)65-29-25-63(26-30-65)67-33-41-71(42-34-67)87(11,12)53-51-85(5,6)7)83-57-79-76-20-16-18-22-78(76)84(58-80(79)75-19-15-17-21-77(75)83)90(82-50-24-60(2)56-62(82)4)74-47-39-70(40-48-74)66-31-27-64(28-32-66)68-35-43-72(44-36-68)88(13,14)54-52-86(8,9)10/h15-50,55-58H,51-54H2,1-14H3. The van der Waals surface area contributed by atoms with Gasteiger partial charge in [0.05, 0.1) is 11.4 Å². The van der Waals surface area contributed by atoms with E-state index in [2.05, 4.69) is 349 Å². The molecule has 0 aliphatic carbocycles. The minimum Gasteiger partial charge on any atom is -0.310 e. The molecule has 0 aromatic heterocycles. The summed E-state index contributed by atoms with van der Waals surface area (Å²) in [5.74, 6) is 0. The van der Waals surface area contributed by atoms with Crippen molar-refractivity contribution in [3.05, 3.63) is 276 Å². The van der Waals surface area contributed by atoms with Crippen molar-refractivity contribution in [3.8, 4) is 44.5 Å². The summed E-state index contributed by atoms with van der Waals surface area (Å²) < 4.78 is 0. The minimum absolute atomic E-state index is 0.129. The van der Waals surface area contributed by atoms with Gasteiger partial charge in [0.2, 0.25) is 0 Å². The topological polar surface area (TPSA) is 6.48 Å². The molecule has 0 fully saturated rings. The number of aryl methyl sites for hydroxylation is 4. The van der Waals surface area contributed by atoms with Crippen LogP contribution in [0.1, 0.15) is 128 Å². The van der Waals surface area contributed by atoms with Crippen LogP contribution >= 0.6 is 0 Å². The normalized spacial score (nSPS) is 12.3. The molecule has 0 aliphatic heterocycles. The van der Waals surface area contributed by atoms with Gasteiger partial charge in [0.25, 0.3) is 0 Å². The molecule has 0 heterocycles. The molecule has 452 valence electrons. The van der Waals surface area contributed by atoms with Crippen LogP contribution in [-0.2, 0) is 10.8 Å². The third-order valence-electron chi connectivity index (χ3n) is 19.2. The smallest absolute Gasteiger partial charge is 0.0546 e. The molecule has 0 aliphatic rings. The second-order valence-electron chi connectivity index (χ2n) is 29.5. The molecule has 0 unspecified atom stereocenters. The summed E-state index contributed by atoms with van der Waals surface area (Å²) in [6.45, 7) is 32.4. The van der Waals surface area contributed by atoms with Crippen molar-refractivity contribution in [1.82, 2.24) is 0 Å². The van der Waals surface area contributed by atoms with E-state index in [1.165, 1.54) is 136 Å². The number of anilines is 6. The Bertz CT molecular complexity index is 4230. The molecule has 0 amide bonds. The zero-order valence-electron chi connectivity index (χ0n) is 55.8. The van der Waals surface area contributed by atoms with Crippen LogP contribution in [0.2, 0.25) is 0 Å². The van der Waals surface area contributed by atoms with Gasteiger partial charge < -0.3 is 9.80 Å². The van der Waals surface area contributed by atoms with Gasteiger partial charge in [0, 0.05) is 33.5 Å². The first-order valence-corrected chi connectivity index (χ1v) is 32.7. The van der Waals surface area contributed by atoms with Gasteiger partial charge in [-0.3, -0.25) is 0 Å². The highest BCUT2D eigenvalue weighted by Gasteiger charge is 2.27. The summed E-state index contributed by atoms with van der Waals surface area (Å²) in [4.78, 5) is 4.98. The van der Waals surface area contributed by atoms with E-state index in [1.54, 1.807) is 0 Å². The fraction of sp³-hybridized carbons (Fsp3) is 0.250. The fourth-order valence-corrected chi connectivity index (χ4v) is 13.4.